The highest BCUT2D eigenvalue weighted by atomic mass is 35.5. The summed E-state index contributed by atoms with van der Waals surface area (Å²) in [5.74, 6) is 0. The number of nitrogens with one attached hydrogen (secondary N) is 1. The quantitative estimate of drug-likeness (QED) is 0.427. The van der Waals surface area contributed by atoms with Crippen LogP contribution >= 0.6 is 23.2 Å². The summed E-state index contributed by atoms with van der Waals surface area (Å²) >= 11 is 12.0. The van der Waals surface area contributed by atoms with Crippen LogP contribution < -0.4 is 5.32 Å². The molecule has 2 nitrogen and oxygen atoms in total. The van der Waals surface area contributed by atoms with Gasteiger partial charge in [-0.2, -0.15) is 0 Å². The number of rotatable bonds is 8. The van der Waals surface area contributed by atoms with Gasteiger partial charge in [0.15, 0.2) is 0 Å². The number of hydrogen-bond donors (Lipinski definition) is 1. The van der Waals surface area contributed by atoms with E-state index in [-0.39, 0.29) is 5.41 Å². The second-order valence-electron chi connectivity index (χ2n) is 8.59. The second kappa shape index (κ2) is 10.7. The molecule has 1 heterocycles. The highest BCUT2D eigenvalue weighted by Crippen LogP contribution is 2.35. The first-order chi connectivity index (χ1) is 15.1. The standard InChI is InChI=1S/C27H30Cl2N2/c28-25-10-6-22(7-11-25)14-17-31-18-15-27(16-19-31,24-4-2-1-3-5-24)21-30-20-23-8-12-26(29)13-9-23/h1-13,30H,14-21H2. The van der Waals surface area contributed by atoms with Crippen LogP contribution in [0, 0.1) is 0 Å². The van der Waals surface area contributed by atoms with Crippen LogP contribution in [0.15, 0.2) is 78.9 Å². The van der Waals surface area contributed by atoms with Crippen molar-refractivity contribution in [1.82, 2.24) is 10.2 Å². The Bertz CT molecular complexity index is 931. The molecule has 0 spiro atoms. The van der Waals surface area contributed by atoms with Crippen molar-refractivity contribution < 1.29 is 0 Å². The SMILES string of the molecule is Clc1ccc(CCN2CCC(CNCc3ccc(Cl)cc3)(c3ccccc3)CC2)cc1. The van der Waals surface area contributed by atoms with Gasteiger partial charge in [0.05, 0.1) is 0 Å². The molecule has 0 radical (unpaired) electrons. The molecule has 1 saturated heterocycles. The van der Waals surface area contributed by atoms with Crippen LogP contribution in [0.25, 0.3) is 0 Å². The Morgan fingerprint density at radius 1 is 0.742 bits per heavy atom. The van der Waals surface area contributed by atoms with Gasteiger partial charge in [0, 0.05) is 35.1 Å². The van der Waals surface area contributed by atoms with Crippen molar-refractivity contribution in [2.45, 2.75) is 31.2 Å². The van der Waals surface area contributed by atoms with Crippen molar-refractivity contribution in [1.29, 1.82) is 0 Å². The molecular weight excluding hydrogens is 423 g/mol. The van der Waals surface area contributed by atoms with Gasteiger partial charge < -0.3 is 10.2 Å². The highest BCUT2D eigenvalue weighted by molar-refractivity contribution is 6.30. The van der Waals surface area contributed by atoms with E-state index < -0.39 is 0 Å². The minimum atomic E-state index is 0.185. The number of piperidine rings is 1. The van der Waals surface area contributed by atoms with Gasteiger partial charge in [-0.05, 0) is 73.3 Å². The Labute approximate surface area is 196 Å². The first-order valence-corrected chi connectivity index (χ1v) is 11.9. The summed E-state index contributed by atoms with van der Waals surface area (Å²) in [4.78, 5) is 2.61. The zero-order chi connectivity index (χ0) is 21.5. The lowest BCUT2D eigenvalue weighted by Gasteiger charge is -2.42. The molecule has 31 heavy (non-hydrogen) atoms. The zero-order valence-corrected chi connectivity index (χ0v) is 19.4. The van der Waals surface area contributed by atoms with E-state index in [9.17, 15) is 0 Å². The molecule has 3 aromatic rings. The normalized spacial score (nSPS) is 16.3. The van der Waals surface area contributed by atoms with Crippen LogP contribution in [0.5, 0.6) is 0 Å². The third kappa shape index (κ3) is 6.11. The van der Waals surface area contributed by atoms with Gasteiger partial charge in [-0.25, -0.2) is 0 Å². The first-order valence-electron chi connectivity index (χ1n) is 11.1. The molecular formula is C27H30Cl2N2. The molecule has 3 aromatic carbocycles. The molecule has 0 aromatic heterocycles. The number of benzene rings is 3. The van der Waals surface area contributed by atoms with Gasteiger partial charge in [0.25, 0.3) is 0 Å². The fourth-order valence-electron chi connectivity index (χ4n) is 4.55. The Morgan fingerprint density at radius 3 is 1.94 bits per heavy atom. The smallest absolute Gasteiger partial charge is 0.0406 e. The predicted octanol–water partition coefficient (Wildman–Crippen LogP) is 6.36. The average molecular weight is 453 g/mol. The van der Waals surface area contributed by atoms with Gasteiger partial charge in [0.2, 0.25) is 0 Å². The van der Waals surface area contributed by atoms with Gasteiger partial charge >= 0.3 is 0 Å². The minimum absolute atomic E-state index is 0.185. The Hall–Kier alpha value is -1.84. The molecule has 0 unspecified atom stereocenters. The molecule has 0 atom stereocenters. The van der Waals surface area contributed by atoms with Crippen molar-refractivity contribution in [2.75, 3.05) is 26.2 Å². The monoisotopic (exact) mass is 452 g/mol. The van der Waals surface area contributed by atoms with Gasteiger partial charge in [-0.1, -0.05) is 77.8 Å². The lowest BCUT2D eigenvalue weighted by molar-refractivity contribution is 0.157. The molecule has 0 saturated carbocycles. The molecule has 0 aliphatic carbocycles. The van der Waals surface area contributed by atoms with Crippen LogP contribution in [0.1, 0.15) is 29.5 Å². The van der Waals surface area contributed by atoms with E-state index in [0.29, 0.717) is 0 Å². The molecule has 4 rings (SSSR count). The summed E-state index contributed by atoms with van der Waals surface area (Å²) in [7, 11) is 0. The number of halogens is 2. The van der Waals surface area contributed by atoms with Gasteiger partial charge in [-0.3, -0.25) is 0 Å². The number of likely N-dealkylation sites (tertiary alicyclic amines) is 1. The summed E-state index contributed by atoms with van der Waals surface area (Å²) in [5.41, 5.74) is 4.27. The molecule has 162 valence electrons. The van der Waals surface area contributed by atoms with E-state index in [1.54, 1.807) is 0 Å². The highest BCUT2D eigenvalue weighted by Gasteiger charge is 2.35. The summed E-state index contributed by atoms with van der Waals surface area (Å²) < 4.78 is 0. The maximum Gasteiger partial charge on any atom is 0.0406 e. The van der Waals surface area contributed by atoms with Gasteiger partial charge in [0.1, 0.15) is 0 Å². The van der Waals surface area contributed by atoms with Crippen LogP contribution in [-0.4, -0.2) is 31.1 Å². The van der Waals surface area contributed by atoms with Crippen molar-refractivity contribution in [2.24, 2.45) is 0 Å². The van der Waals surface area contributed by atoms with Gasteiger partial charge in [-0.15, -0.1) is 0 Å². The van der Waals surface area contributed by atoms with Crippen LogP contribution in [0.2, 0.25) is 10.0 Å². The lowest BCUT2D eigenvalue weighted by atomic mass is 9.72. The Morgan fingerprint density at radius 2 is 1.32 bits per heavy atom. The summed E-state index contributed by atoms with van der Waals surface area (Å²) in [6, 6.07) is 27.4. The lowest BCUT2D eigenvalue weighted by Crippen LogP contribution is -2.48. The van der Waals surface area contributed by atoms with E-state index in [1.165, 1.54) is 29.5 Å². The molecule has 1 aliphatic heterocycles. The van der Waals surface area contributed by atoms with E-state index in [4.69, 9.17) is 23.2 Å². The molecule has 1 N–H and O–H groups in total. The molecule has 4 heteroatoms. The molecule has 0 amide bonds. The minimum Gasteiger partial charge on any atom is -0.312 e. The van der Waals surface area contributed by atoms with E-state index in [1.807, 2.05) is 24.3 Å². The Balaban J connectivity index is 1.36. The van der Waals surface area contributed by atoms with Crippen LogP contribution in [0.4, 0.5) is 0 Å². The van der Waals surface area contributed by atoms with Crippen molar-refractivity contribution in [3.63, 3.8) is 0 Å². The second-order valence-corrected chi connectivity index (χ2v) is 9.47. The van der Waals surface area contributed by atoms with Crippen LogP contribution in [-0.2, 0) is 18.4 Å². The van der Waals surface area contributed by atoms with E-state index in [0.717, 1.165) is 49.2 Å². The third-order valence-corrected chi connectivity index (χ3v) is 7.04. The average Bonchev–Trinajstić information content (AvgIpc) is 2.81. The first kappa shape index (κ1) is 22.4. The fraction of sp³-hybridized carbons (Fsp3) is 0.333. The molecule has 1 aliphatic rings. The van der Waals surface area contributed by atoms with Crippen molar-refractivity contribution in [3.8, 4) is 0 Å². The van der Waals surface area contributed by atoms with Crippen molar-refractivity contribution in [3.05, 3.63) is 106 Å². The largest absolute Gasteiger partial charge is 0.312 e. The maximum absolute atomic E-state index is 6.02. The van der Waals surface area contributed by atoms with Crippen molar-refractivity contribution >= 4 is 23.2 Å². The summed E-state index contributed by atoms with van der Waals surface area (Å²) in [6.45, 7) is 5.22. The molecule has 0 bridgehead atoms. The maximum atomic E-state index is 6.02. The van der Waals surface area contributed by atoms with E-state index >= 15 is 0 Å². The third-order valence-electron chi connectivity index (χ3n) is 6.54. The topological polar surface area (TPSA) is 15.3 Å². The van der Waals surface area contributed by atoms with Crippen LogP contribution in [0.3, 0.4) is 0 Å². The fourth-order valence-corrected chi connectivity index (χ4v) is 4.80. The summed E-state index contributed by atoms with van der Waals surface area (Å²) in [6.07, 6.45) is 3.42. The number of hydrogen-bond acceptors (Lipinski definition) is 2. The molecule has 1 fully saturated rings. The Kier molecular flexibility index (Phi) is 7.68. The van der Waals surface area contributed by atoms with E-state index in [2.05, 4.69) is 64.8 Å². The zero-order valence-electron chi connectivity index (χ0n) is 17.9. The summed E-state index contributed by atoms with van der Waals surface area (Å²) in [5, 5.41) is 5.33. The number of nitrogens with zero attached hydrogens (tertiary/aromatic N) is 1. The predicted molar refractivity (Wildman–Crippen MR) is 132 cm³/mol.